The number of aromatic hydroxyl groups is 1. The number of anilines is 1. The SMILES string of the molecule is O=CC1CN(c2ccc(Cc3ccccc3CCO)cc2O)S(=O)(=O)N1. The number of nitrogens with one attached hydrogen (secondary N) is 1. The summed E-state index contributed by atoms with van der Waals surface area (Å²) in [6, 6.07) is 11.7. The van der Waals surface area contributed by atoms with Gasteiger partial charge in [-0.05, 0) is 41.7 Å². The summed E-state index contributed by atoms with van der Waals surface area (Å²) < 4.78 is 27.4. The van der Waals surface area contributed by atoms with Crippen molar-refractivity contribution in [3.8, 4) is 5.75 Å². The molecule has 1 unspecified atom stereocenters. The Bertz CT molecular complexity index is 914. The maximum absolute atomic E-state index is 12.1. The van der Waals surface area contributed by atoms with Gasteiger partial charge < -0.3 is 15.0 Å². The van der Waals surface area contributed by atoms with Crippen LogP contribution in [0.25, 0.3) is 0 Å². The van der Waals surface area contributed by atoms with Crippen molar-refractivity contribution in [3.63, 3.8) is 0 Å². The number of aldehydes is 1. The standard InChI is InChI=1S/C18H20N2O5S/c21-8-7-14-3-1-2-4-15(14)9-13-5-6-17(18(23)10-13)20-11-16(12-22)19-26(20,24)25/h1-6,10,12,16,19,21,23H,7-9,11H2. The Morgan fingerprint density at radius 1 is 1.19 bits per heavy atom. The van der Waals surface area contributed by atoms with E-state index in [9.17, 15) is 18.3 Å². The summed E-state index contributed by atoms with van der Waals surface area (Å²) in [5.74, 6) is -0.168. The van der Waals surface area contributed by atoms with Crippen LogP contribution in [0, 0.1) is 0 Å². The van der Waals surface area contributed by atoms with Gasteiger partial charge in [0.15, 0.2) is 0 Å². The van der Waals surface area contributed by atoms with Gasteiger partial charge in [-0.1, -0.05) is 30.3 Å². The first kappa shape index (κ1) is 18.4. The molecular formula is C18H20N2O5S. The van der Waals surface area contributed by atoms with Crippen molar-refractivity contribution in [2.24, 2.45) is 0 Å². The Labute approximate surface area is 152 Å². The van der Waals surface area contributed by atoms with E-state index in [1.165, 1.54) is 12.1 Å². The molecule has 1 saturated heterocycles. The summed E-state index contributed by atoms with van der Waals surface area (Å²) >= 11 is 0. The third kappa shape index (κ3) is 3.72. The molecule has 1 atom stereocenters. The normalized spacial score (nSPS) is 18.8. The average molecular weight is 376 g/mol. The maximum Gasteiger partial charge on any atom is 0.302 e. The van der Waals surface area contributed by atoms with Gasteiger partial charge in [0.25, 0.3) is 0 Å². The van der Waals surface area contributed by atoms with E-state index in [2.05, 4.69) is 4.72 Å². The highest BCUT2D eigenvalue weighted by molar-refractivity contribution is 7.91. The number of carbonyl (C=O) groups excluding carboxylic acids is 1. The van der Waals surface area contributed by atoms with Crippen LogP contribution < -0.4 is 9.03 Å². The van der Waals surface area contributed by atoms with Crippen molar-refractivity contribution >= 4 is 22.2 Å². The molecule has 1 fully saturated rings. The lowest BCUT2D eigenvalue weighted by Gasteiger charge is -2.18. The summed E-state index contributed by atoms with van der Waals surface area (Å²) in [5.41, 5.74) is 3.01. The smallest absolute Gasteiger partial charge is 0.302 e. The molecule has 0 spiro atoms. The number of phenolic OH excluding ortho intramolecular Hbond substituents is 1. The van der Waals surface area contributed by atoms with Crippen LogP contribution in [-0.4, -0.2) is 44.1 Å². The number of aliphatic hydroxyl groups excluding tert-OH is 1. The summed E-state index contributed by atoms with van der Waals surface area (Å²) in [6.07, 6.45) is 1.62. The average Bonchev–Trinajstić information content (AvgIpc) is 2.92. The molecule has 0 radical (unpaired) electrons. The lowest BCUT2D eigenvalue weighted by Crippen LogP contribution is -2.30. The fraction of sp³-hybridized carbons (Fsp3) is 0.278. The zero-order valence-corrected chi connectivity index (χ0v) is 14.8. The van der Waals surface area contributed by atoms with Gasteiger partial charge in [-0.15, -0.1) is 0 Å². The van der Waals surface area contributed by atoms with E-state index >= 15 is 0 Å². The van der Waals surface area contributed by atoms with Gasteiger partial charge in [0.2, 0.25) is 0 Å². The topological polar surface area (TPSA) is 107 Å². The molecule has 0 saturated carbocycles. The molecule has 0 aliphatic carbocycles. The van der Waals surface area contributed by atoms with Gasteiger partial charge in [0.05, 0.1) is 18.3 Å². The van der Waals surface area contributed by atoms with Gasteiger partial charge in [-0.2, -0.15) is 13.1 Å². The molecule has 0 bridgehead atoms. The zero-order chi connectivity index (χ0) is 18.7. The highest BCUT2D eigenvalue weighted by atomic mass is 32.2. The number of carbonyl (C=O) groups is 1. The molecule has 1 aliphatic heterocycles. The Balaban J connectivity index is 1.86. The minimum absolute atomic E-state index is 0.0545. The summed E-state index contributed by atoms with van der Waals surface area (Å²) in [6.45, 7) is -0.00298. The molecule has 3 N–H and O–H groups in total. The molecule has 3 rings (SSSR count). The quantitative estimate of drug-likeness (QED) is 0.645. The van der Waals surface area contributed by atoms with Crippen molar-refractivity contribution in [3.05, 3.63) is 59.2 Å². The van der Waals surface area contributed by atoms with E-state index in [1.807, 2.05) is 24.3 Å². The number of rotatable bonds is 6. The van der Waals surface area contributed by atoms with E-state index < -0.39 is 16.3 Å². The first-order chi connectivity index (χ1) is 12.4. The lowest BCUT2D eigenvalue weighted by atomic mass is 9.98. The van der Waals surface area contributed by atoms with Crippen molar-refractivity contribution in [2.45, 2.75) is 18.9 Å². The van der Waals surface area contributed by atoms with Crippen molar-refractivity contribution in [1.29, 1.82) is 0 Å². The Morgan fingerprint density at radius 2 is 1.92 bits per heavy atom. The minimum Gasteiger partial charge on any atom is -0.506 e. The molecule has 8 heteroatoms. The number of phenols is 1. The fourth-order valence-corrected chi connectivity index (χ4v) is 4.48. The second-order valence-corrected chi connectivity index (χ2v) is 7.77. The third-order valence-electron chi connectivity index (χ3n) is 4.32. The van der Waals surface area contributed by atoms with Crippen LogP contribution >= 0.6 is 0 Å². The van der Waals surface area contributed by atoms with Crippen LogP contribution in [0.2, 0.25) is 0 Å². The zero-order valence-electron chi connectivity index (χ0n) is 14.0. The Kier molecular flexibility index (Phi) is 5.26. The van der Waals surface area contributed by atoms with Crippen LogP contribution in [0.3, 0.4) is 0 Å². The second kappa shape index (κ2) is 7.45. The predicted molar refractivity (Wildman–Crippen MR) is 97.4 cm³/mol. The summed E-state index contributed by atoms with van der Waals surface area (Å²) in [4.78, 5) is 10.9. The highest BCUT2D eigenvalue weighted by Crippen LogP contribution is 2.32. The van der Waals surface area contributed by atoms with Gasteiger partial charge >= 0.3 is 10.2 Å². The molecule has 138 valence electrons. The second-order valence-electron chi connectivity index (χ2n) is 6.14. The van der Waals surface area contributed by atoms with E-state index in [-0.39, 0.29) is 24.6 Å². The van der Waals surface area contributed by atoms with E-state index in [1.54, 1.807) is 6.07 Å². The molecule has 2 aromatic rings. The molecular weight excluding hydrogens is 356 g/mol. The predicted octanol–water partition coefficient (Wildman–Crippen LogP) is 0.740. The van der Waals surface area contributed by atoms with Gasteiger partial charge in [-0.3, -0.25) is 4.31 Å². The lowest BCUT2D eigenvalue weighted by molar-refractivity contribution is -0.108. The number of benzene rings is 2. The number of hydrogen-bond donors (Lipinski definition) is 3. The molecule has 1 aliphatic rings. The molecule has 1 heterocycles. The van der Waals surface area contributed by atoms with Crippen LogP contribution in [0.1, 0.15) is 16.7 Å². The molecule has 26 heavy (non-hydrogen) atoms. The monoisotopic (exact) mass is 376 g/mol. The number of hydrogen-bond acceptors (Lipinski definition) is 5. The third-order valence-corrected chi connectivity index (χ3v) is 5.85. The number of nitrogens with zero attached hydrogens (tertiary/aromatic N) is 1. The molecule has 0 aromatic heterocycles. The summed E-state index contributed by atoms with van der Waals surface area (Å²) in [7, 11) is -3.85. The highest BCUT2D eigenvalue weighted by Gasteiger charge is 2.36. The van der Waals surface area contributed by atoms with E-state index in [0.29, 0.717) is 19.1 Å². The maximum atomic E-state index is 12.1. The van der Waals surface area contributed by atoms with Crippen LogP contribution in [0.4, 0.5) is 5.69 Å². The Hall–Kier alpha value is -2.42. The molecule has 7 nitrogen and oxygen atoms in total. The van der Waals surface area contributed by atoms with Crippen molar-refractivity contribution < 1.29 is 23.4 Å². The van der Waals surface area contributed by atoms with Crippen LogP contribution in [0.5, 0.6) is 5.75 Å². The van der Waals surface area contributed by atoms with Crippen molar-refractivity contribution in [1.82, 2.24) is 4.72 Å². The van der Waals surface area contributed by atoms with Gasteiger partial charge in [0, 0.05) is 6.61 Å². The van der Waals surface area contributed by atoms with Crippen LogP contribution in [0.15, 0.2) is 42.5 Å². The fourth-order valence-electron chi connectivity index (χ4n) is 3.07. The Morgan fingerprint density at radius 3 is 2.54 bits per heavy atom. The van der Waals surface area contributed by atoms with Crippen LogP contribution in [-0.2, 0) is 27.8 Å². The van der Waals surface area contributed by atoms with Crippen molar-refractivity contribution in [2.75, 3.05) is 17.5 Å². The van der Waals surface area contributed by atoms with E-state index in [4.69, 9.17) is 5.11 Å². The molecule has 2 aromatic carbocycles. The van der Waals surface area contributed by atoms with E-state index in [0.717, 1.165) is 21.0 Å². The number of aliphatic hydroxyl groups is 1. The molecule has 0 amide bonds. The first-order valence-electron chi connectivity index (χ1n) is 8.19. The summed E-state index contributed by atoms with van der Waals surface area (Å²) in [5, 5.41) is 19.5. The largest absolute Gasteiger partial charge is 0.506 e. The van der Waals surface area contributed by atoms with Gasteiger partial charge in [0.1, 0.15) is 12.0 Å². The first-order valence-corrected chi connectivity index (χ1v) is 9.63. The minimum atomic E-state index is -3.85. The van der Waals surface area contributed by atoms with Gasteiger partial charge in [-0.25, -0.2) is 0 Å².